The van der Waals surface area contributed by atoms with Crippen LogP contribution in [0.25, 0.3) is 0 Å². The van der Waals surface area contributed by atoms with E-state index in [1.54, 1.807) is 6.92 Å². The van der Waals surface area contributed by atoms with Crippen LogP contribution in [0.15, 0.2) is 11.4 Å². The number of nitrogens with one attached hydrogen (secondary N) is 1. The molecule has 7 nitrogen and oxygen atoms in total. The first kappa shape index (κ1) is 12.9. The molecule has 0 saturated carbocycles. The van der Waals surface area contributed by atoms with Gasteiger partial charge in [0.25, 0.3) is 10.0 Å². The number of rotatable bonds is 5. The highest BCUT2D eigenvalue weighted by Crippen LogP contribution is 2.15. The molecule has 1 unspecified atom stereocenters. The number of aromatic nitrogens is 2. The Kier molecular flexibility index (Phi) is 3.89. The zero-order valence-electron chi connectivity index (χ0n) is 9.21. The number of imidazole rings is 1. The minimum absolute atomic E-state index is 0.0530. The molecule has 1 rings (SSSR count). The fourth-order valence-corrected chi connectivity index (χ4v) is 2.84. The Morgan fingerprint density at radius 3 is 2.69 bits per heavy atom. The largest absolute Gasteiger partial charge is 0.395 e. The van der Waals surface area contributed by atoms with E-state index in [1.165, 1.54) is 17.9 Å². The van der Waals surface area contributed by atoms with E-state index in [2.05, 4.69) is 9.71 Å². The Balaban J connectivity index is 3.03. The topological polar surface area (TPSA) is 110 Å². The monoisotopic (exact) mass is 248 g/mol. The second-order valence-corrected chi connectivity index (χ2v) is 5.08. The van der Waals surface area contributed by atoms with Crippen LogP contribution in [0.5, 0.6) is 0 Å². The number of aliphatic hydroxyl groups is 1. The SMILES string of the molecule is CCC(CO)NS(=O)(=O)c1c(N)ncn1C. The number of sulfonamides is 1. The number of nitrogen functional groups attached to an aromatic ring is 1. The van der Waals surface area contributed by atoms with E-state index >= 15 is 0 Å². The molecule has 1 aromatic heterocycles. The first-order valence-corrected chi connectivity index (χ1v) is 6.30. The molecule has 8 heteroatoms. The summed E-state index contributed by atoms with van der Waals surface area (Å²) < 4.78 is 27.5. The van der Waals surface area contributed by atoms with Gasteiger partial charge in [0.05, 0.1) is 12.9 Å². The van der Waals surface area contributed by atoms with Gasteiger partial charge in [-0.15, -0.1) is 0 Å². The van der Waals surface area contributed by atoms with Crippen LogP contribution in [-0.2, 0) is 17.1 Å². The van der Waals surface area contributed by atoms with Gasteiger partial charge in [-0.25, -0.2) is 18.1 Å². The normalized spacial score (nSPS) is 13.9. The van der Waals surface area contributed by atoms with Gasteiger partial charge in [0, 0.05) is 13.1 Å². The van der Waals surface area contributed by atoms with Gasteiger partial charge < -0.3 is 15.4 Å². The van der Waals surface area contributed by atoms with Crippen molar-refractivity contribution in [1.29, 1.82) is 0 Å². The molecule has 4 N–H and O–H groups in total. The first-order valence-electron chi connectivity index (χ1n) is 4.82. The highest BCUT2D eigenvalue weighted by atomic mass is 32.2. The third-order valence-electron chi connectivity index (χ3n) is 2.20. The Morgan fingerprint density at radius 2 is 2.31 bits per heavy atom. The minimum Gasteiger partial charge on any atom is -0.395 e. The molecule has 92 valence electrons. The van der Waals surface area contributed by atoms with Gasteiger partial charge in [-0.1, -0.05) is 6.92 Å². The number of aryl methyl sites for hydroxylation is 1. The average Bonchev–Trinajstić information content (AvgIpc) is 2.55. The lowest BCUT2D eigenvalue weighted by atomic mass is 10.3. The number of anilines is 1. The van der Waals surface area contributed by atoms with E-state index in [-0.39, 0.29) is 17.5 Å². The summed E-state index contributed by atoms with van der Waals surface area (Å²) in [6, 6.07) is -0.515. The predicted molar refractivity (Wildman–Crippen MR) is 59.1 cm³/mol. The highest BCUT2D eigenvalue weighted by molar-refractivity contribution is 7.89. The standard InChI is InChI=1S/C8H16N4O3S/c1-3-6(4-13)11-16(14,15)8-7(9)10-5-12(8)2/h5-6,11,13H,3-4,9H2,1-2H3. The van der Waals surface area contributed by atoms with Gasteiger partial charge in [0.1, 0.15) is 0 Å². The smallest absolute Gasteiger partial charge is 0.260 e. The van der Waals surface area contributed by atoms with Crippen LogP contribution in [0.3, 0.4) is 0 Å². The summed E-state index contributed by atoms with van der Waals surface area (Å²) in [5.74, 6) is -0.0530. The van der Waals surface area contributed by atoms with Crippen molar-refractivity contribution in [2.45, 2.75) is 24.4 Å². The Morgan fingerprint density at radius 1 is 1.69 bits per heavy atom. The van der Waals surface area contributed by atoms with Gasteiger partial charge in [-0.2, -0.15) is 0 Å². The zero-order valence-corrected chi connectivity index (χ0v) is 10.0. The van der Waals surface area contributed by atoms with Gasteiger partial charge in [-0.3, -0.25) is 0 Å². The number of hydrogen-bond acceptors (Lipinski definition) is 5. The maximum absolute atomic E-state index is 11.9. The van der Waals surface area contributed by atoms with E-state index in [0.717, 1.165) is 0 Å². The Hall–Kier alpha value is -1.12. The van der Waals surface area contributed by atoms with Crippen LogP contribution in [-0.4, -0.2) is 35.7 Å². The number of nitrogens with two attached hydrogens (primary N) is 1. The molecule has 0 fully saturated rings. The number of hydrogen-bond donors (Lipinski definition) is 3. The van der Waals surface area contributed by atoms with Crippen LogP contribution in [0.1, 0.15) is 13.3 Å². The van der Waals surface area contributed by atoms with E-state index in [4.69, 9.17) is 10.8 Å². The summed E-state index contributed by atoms with van der Waals surface area (Å²) in [6.07, 6.45) is 1.82. The Bertz CT molecular complexity index is 430. The maximum Gasteiger partial charge on any atom is 0.260 e. The van der Waals surface area contributed by atoms with E-state index < -0.39 is 16.1 Å². The molecular formula is C8H16N4O3S. The van der Waals surface area contributed by atoms with Gasteiger partial charge in [0.2, 0.25) is 0 Å². The summed E-state index contributed by atoms with van der Waals surface area (Å²) in [7, 11) is -2.20. The maximum atomic E-state index is 11.9. The minimum atomic E-state index is -3.74. The van der Waals surface area contributed by atoms with Crippen LogP contribution in [0, 0.1) is 0 Å². The van der Waals surface area contributed by atoms with Crippen molar-refractivity contribution in [2.24, 2.45) is 7.05 Å². The lowest BCUT2D eigenvalue weighted by Crippen LogP contribution is -2.37. The quantitative estimate of drug-likeness (QED) is 0.622. The number of aliphatic hydroxyl groups excluding tert-OH is 1. The third kappa shape index (κ3) is 2.52. The van der Waals surface area contributed by atoms with E-state index in [0.29, 0.717) is 6.42 Å². The van der Waals surface area contributed by atoms with Crippen molar-refractivity contribution in [1.82, 2.24) is 14.3 Å². The Labute approximate surface area is 94.3 Å². The zero-order chi connectivity index (χ0) is 12.3. The lowest BCUT2D eigenvalue weighted by Gasteiger charge is -2.14. The molecule has 0 radical (unpaired) electrons. The van der Waals surface area contributed by atoms with Gasteiger partial charge in [0.15, 0.2) is 10.8 Å². The molecule has 0 aliphatic rings. The molecule has 0 bridgehead atoms. The molecule has 0 spiro atoms. The highest BCUT2D eigenvalue weighted by Gasteiger charge is 2.24. The summed E-state index contributed by atoms with van der Waals surface area (Å²) in [6.45, 7) is 1.52. The van der Waals surface area contributed by atoms with Gasteiger partial charge >= 0.3 is 0 Å². The summed E-state index contributed by atoms with van der Waals surface area (Å²) >= 11 is 0. The molecule has 0 amide bonds. The summed E-state index contributed by atoms with van der Waals surface area (Å²) in [5.41, 5.74) is 5.47. The van der Waals surface area contributed by atoms with Crippen LogP contribution in [0.4, 0.5) is 5.82 Å². The van der Waals surface area contributed by atoms with Crippen molar-refractivity contribution in [3.8, 4) is 0 Å². The van der Waals surface area contributed by atoms with Crippen molar-refractivity contribution in [3.63, 3.8) is 0 Å². The summed E-state index contributed by atoms with van der Waals surface area (Å²) in [5, 5.41) is 8.86. The van der Waals surface area contributed by atoms with Crippen LogP contribution < -0.4 is 10.5 Å². The molecule has 1 aromatic rings. The molecular weight excluding hydrogens is 232 g/mol. The van der Waals surface area contributed by atoms with Crippen molar-refractivity contribution in [2.75, 3.05) is 12.3 Å². The molecule has 0 aromatic carbocycles. The van der Waals surface area contributed by atoms with Crippen molar-refractivity contribution >= 4 is 15.8 Å². The molecule has 0 aliphatic heterocycles. The lowest BCUT2D eigenvalue weighted by molar-refractivity contribution is 0.253. The average molecular weight is 248 g/mol. The molecule has 0 aliphatic carbocycles. The molecule has 0 saturated heterocycles. The molecule has 1 heterocycles. The molecule has 1 atom stereocenters. The molecule has 16 heavy (non-hydrogen) atoms. The number of nitrogens with zero attached hydrogens (tertiary/aromatic N) is 2. The second kappa shape index (κ2) is 4.81. The van der Waals surface area contributed by atoms with Crippen molar-refractivity contribution < 1.29 is 13.5 Å². The predicted octanol–water partition coefficient (Wildman–Crippen LogP) is -0.948. The third-order valence-corrected chi connectivity index (χ3v) is 3.85. The second-order valence-electron chi connectivity index (χ2n) is 3.45. The van der Waals surface area contributed by atoms with Crippen molar-refractivity contribution in [3.05, 3.63) is 6.33 Å². The fourth-order valence-electron chi connectivity index (χ4n) is 1.29. The van der Waals surface area contributed by atoms with E-state index in [9.17, 15) is 8.42 Å². The first-order chi connectivity index (χ1) is 7.42. The summed E-state index contributed by atoms with van der Waals surface area (Å²) in [4.78, 5) is 3.70. The van der Waals surface area contributed by atoms with Gasteiger partial charge in [-0.05, 0) is 6.42 Å². The fraction of sp³-hybridized carbons (Fsp3) is 0.625. The van der Waals surface area contributed by atoms with Crippen LogP contribution >= 0.6 is 0 Å². The van der Waals surface area contributed by atoms with E-state index in [1.807, 2.05) is 0 Å². The van der Waals surface area contributed by atoms with Crippen LogP contribution in [0.2, 0.25) is 0 Å².